The van der Waals surface area contributed by atoms with Gasteiger partial charge in [0.25, 0.3) is 0 Å². The van der Waals surface area contributed by atoms with Crippen LogP contribution in [-0.4, -0.2) is 8.80 Å². The lowest BCUT2D eigenvalue weighted by atomic mass is 10.0. The van der Waals surface area contributed by atoms with Crippen molar-refractivity contribution in [3.8, 4) is 11.5 Å². The van der Waals surface area contributed by atoms with Gasteiger partial charge in [-0.15, -0.1) is 5.54 Å². The molecule has 0 N–H and O–H groups in total. The van der Waals surface area contributed by atoms with Crippen molar-refractivity contribution in [3.63, 3.8) is 0 Å². The van der Waals surface area contributed by atoms with Crippen molar-refractivity contribution < 1.29 is 0 Å². The van der Waals surface area contributed by atoms with Crippen molar-refractivity contribution >= 4 is 36.4 Å². The summed E-state index contributed by atoms with van der Waals surface area (Å²) >= 11 is 0. The van der Waals surface area contributed by atoms with Gasteiger partial charge in [0.15, 0.2) is 8.80 Å². The Hall–Kier alpha value is -3.08. The average Bonchev–Trinajstić information content (AvgIpc) is 2.70. The number of fused-ring (bicyclic) bond motifs is 2. The molecule has 0 fully saturated rings. The van der Waals surface area contributed by atoms with Crippen LogP contribution in [-0.2, 0) is 0 Å². The molecule has 0 aromatic heterocycles. The molecule has 0 aliphatic carbocycles. The zero-order valence-corrected chi connectivity index (χ0v) is 15.7. The molecule has 123 valence electrons. The molecule has 0 spiro atoms. The Morgan fingerprint density at radius 2 is 1.42 bits per heavy atom. The minimum absolute atomic E-state index is 0.836. The van der Waals surface area contributed by atoms with Crippen LogP contribution in [0.25, 0.3) is 27.6 Å². The van der Waals surface area contributed by atoms with Crippen LogP contribution >= 0.6 is 0 Å². The van der Waals surface area contributed by atoms with E-state index >= 15 is 0 Å². The van der Waals surface area contributed by atoms with Crippen LogP contribution in [0.5, 0.6) is 0 Å². The van der Waals surface area contributed by atoms with Gasteiger partial charge in [-0.1, -0.05) is 91.0 Å². The first-order valence-electron chi connectivity index (χ1n) is 8.80. The molecule has 0 aliphatic heterocycles. The van der Waals surface area contributed by atoms with Gasteiger partial charge in [0.2, 0.25) is 0 Å². The van der Waals surface area contributed by atoms with Crippen LogP contribution in [0.3, 0.4) is 0 Å². The third-order valence-corrected chi connectivity index (χ3v) is 5.65. The fourth-order valence-electron chi connectivity index (χ4n) is 3.07. The minimum Gasteiger partial charge on any atom is -0.123 e. The smallest absolute Gasteiger partial charge is 0.123 e. The summed E-state index contributed by atoms with van der Waals surface area (Å²) in [6.45, 7) is 2.23. The molecule has 0 aliphatic rings. The van der Waals surface area contributed by atoms with Gasteiger partial charge < -0.3 is 0 Å². The maximum Gasteiger partial charge on any atom is 0.168 e. The van der Waals surface area contributed by atoms with E-state index in [0.717, 1.165) is 5.56 Å². The summed E-state index contributed by atoms with van der Waals surface area (Å²) in [7, 11) is -0.836. The van der Waals surface area contributed by atoms with Gasteiger partial charge in [-0.3, -0.25) is 0 Å². The largest absolute Gasteiger partial charge is 0.168 e. The Balaban J connectivity index is 1.66. The first-order chi connectivity index (χ1) is 12.8. The average molecular weight is 348 g/mol. The molecule has 26 heavy (non-hydrogen) atoms. The van der Waals surface area contributed by atoms with Gasteiger partial charge in [-0.2, -0.15) is 0 Å². The summed E-state index contributed by atoms with van der Waals surface area (Å²) in [6.07, 6.45) is 2.18. The molecule has 4 aromatic carbocycles. The van der Waals surface area contributed by atoms with Crippen LogP contribution in [0.2, 0.25) is 6.55 Å². The van der Waals surface area contributed by atoms with Crippen LogP contribution in [0.1, 0.15) is 11.1 Å². The van der Waals surface area contributed by atoms with E-state index in [9.17, 15) is 0 Å². The van der Waals surface area contributed by atoms with Crippen molar-refractivity contribution in [2.24, 2.45) is 0 Å². The molecule has 0 saturated heterocycles. The number of benzene rings is 4. The minimum atomic E-state index is -0.836. The van der Waals surface area contributed by atoms with Gasteiger partial charge in [0.05, 0.1) is 0 Å². The normalized spacial score (nSPS) is 11.2. The summed E-state index contributed by atoms with van der Waals surface area (Å²) in [5.41, 5.74) is 8.08. The van der Waals surface area contributed by atoms with E-state index in [1.807, 2.05) is 6.07 Å². The first kappa shape index (κ1) is 16.4. The summed E-state index contributed by atoms with van der Waals surface area (Å²) in [4.78, 5) is 0. The van der Waals surface area contributed by atoms with Gasteiger partial charge in [-0.05, 0) is 45.3 Å². The molecule has 1 radical (unpaired) electrons. The molecule has 0 atom stereocenters. The fourth-order valence-corrected chi connectivity index (χ4v) is 3.93. The molecule has 4 aromatic rings. The zero-order chi connectivity index (χ0) is 17.8. The molecule has 4 rings (SSSR count). The van der Waals surface area contributed by atoms with Crippen LogP contribution in [0, 0.1) is 11.5 Å². The summed E-state index contributed by atoms with van der Waals surface area (Å²) in [5.74, 6) is 3.43. The fraction of sp³-hybridized carbons (Fsp3) is 0.0400. The lowest BCUT2D eigenvalue weighted by molar-refractivity contribution is 1.66. The molecule has 0 amide bonds. The maximum atomic E-state index is 3.47. The Kier molecular flexibility index (Phi) is 4.69. The van der Waals surface area contributed by atoms with E-state index in [0.29, 0.717) is 0 Å². The molecule has 1 heteroatoms. The summed E-state index contributed by atoms with van der Waals surface area (Å²) < 4.78 is 0. The topological polar surface area (TPSA) is 0 Å². The highest BCUT2D eigenvalue weighted by Gasteiger charge is 2.02. The maximum absolute atomic E-state index is 3.47. The molecular formula is C25H19Si. The quantitative estimate of drug-likeness (QED) is 0.228. The molecular weight excluding hydrogens is 328 g/mol. The van der Waals surface area contributed by atoms with E-state index < -0.39 is 8.80 Å². The molecule has 0 bridgehead atoms. The zero-order valence-electron chi connectivity index (χ0n) is 14.7. The Morgan fingerprint density at radius 1 is 0.731 bits per heavy atom. The van der Waals surface area contributed by atoms with Gasteiger partial charge >= 0.3 is 0 Å². The van der Waals surface area contributed by atoms with Crippen LogP contribution in [0.4, 0.5) is 0 Å². The second kappa shape index (κ2) is 7.43. The molecule has 0 unspecified atom stereocenters. The predicted molar refractivity (Wildman–Crippen MR) is 115 cm³/mol. The Morgan fingerprint density at radius 3 is 2.23 bits per heavy atom. The lowest BCUT2D eigenvalue weighted by Crippen LogP contribution is -1.98. The van der Waals surface area contributed by atoms with Gasteiger partial charge in [0, 0.05) is 5.56 Å². The Bertz CT molecular complexity index is 1140. The van der Waals surface area contributed by atoms with E-state index in [1.165, 1.54) is 27.1 Å². The van der Waals surface area contributed by atoms with Gasteiger partial charge in [0.1, 0.15) is 0 Å². The standard InChI is InChI=1S/C25H19Si/c1-26(16-14-20-8-3-2-4-9-20)17-15-21-12-7-13-24-18-22-10-5-6-11-23(22)19-25(21)24/h2-14,16,18-19H,1H3. The second-order valence-corrected chi connectivity index (χ2v) is 8.35. The monoisotopic (exact) mass is 347 g/mol. The van der Waals surface area contributed by atoms with E-state index in [2.05, 4.69) is 109 Å². The van der Waals surface area contributed by atoms with Crippen molar-refractivity contribution in [2.75, 3.05) is 0 Å². The molecule has 0 heterocycles. The van der Waals surface area contributed by atoms with Crippen molar-refractivity contribution in [1.29, 1.82) is 0 Å². The first-order valence-corrected chi connectivity index (χ1v) is 10.9. The third kappa shape index (κ3) is 3.61. The van der Waals surface area contributed by atoms with Gasteiger partial charge in [-0.25, -0.2) is 0 Å². The van der Waals surface area contributed by atoms with E-state index in [-0.39, 0.29) is 0 Å². The lowest BCUT2D eigenvalue weighted by Gasteiger charge is -2.04. The van der Waals surface area contributed by atoms with Crippen LogP contribution in [0.15, 0.2) is 90.6 Å². The van der Waals surface area contributed by atoms with Crippen molar-refractivity contribution in [1.82, 2.24) is 0 Å². The summed E-state index contributed by atoms with van der Waals surface area (Å²) in [6, 6.07) is 29.8. The highest BCUT2D eigenvalue weighted by atomic mass is 28.3. The van der Waals surface area contributed by atoms with E-state index in [4.69, 9.17) is 0 Å². The highest BCUT2D eigenvalue weighted by Crippen LogP contribution is 2.25. The Labute approximate surface area is 156 Å². The van der Waals surface area contributed by atoms with Crippen molar-refractivity contribution in [2.45, 2.75) is 6.55 Å². The van der Waals surface area contributed by atoms with Crippen LogP contribution < -0.4 is 0 Å². The SMILES string of the molecule is C[Si](C#Cc1cccc2cc3ccccc3cc12)C=Cc1ccccc1. The third-order valence-electron chi connectivity index (χ3n) is 4.47. The van der Waals surface area contributed by atoms with E-state index in [1.54, 1.807) is 0 Å². The van der Waals surface area contributed by atoms with Crippen molar-refractivity contribution in [3.05, 3.63) is 102 Å². The second-order valence-electron chi connectivity index (χ2n) is 6.40. The number of rotatable bonds is 2. The molecule has 0 saturated carbocycles. The predicted octanol–water partition coefficient (Wildman–Crippen LogP) is 6.26. The highest BCUT2D eigenvalue weighted by molar-refractivity contribution is 6.71. The number of hydrogen-bond donors (Lipinski definition) is 0. The summed E-state index contributed by atoms with van der Waals surface area (Å²) in [5, 5.41) is 5.03. The number of hydrogen-bond acceptors (Lipinski definition) is 0. The molecule has 0 nitrogen and oxygen atoms in total.